The molecule has 4 heteroatoms. The maximum atomic E-state index is 5.89. The van der Waals surface area contributed by atoms with E-state index in [9.17, 15) is 0 Å². The van der Waals surface area contributed by atoms with E-state index in [1.807, 2.05) is 6.07 Å². The molecule has 0 N–H and O–H groups in total. The van der Waals surface area contributed by atoms with Crippen LogP contribution in [0, 0.1) is 11.8 Å². The minimum atomic E-state index is 0.676. The Kier molecular flexibility index (Phi) is 3.75. The van der Waals surface area contributed by atoms with Gasteiger partial charge in [-0.05, 0) is 40.3 Å². The second-order valence-corrected chi connectivity index (χ2v) is 5.99. The van der Waals surface area contributed by atoms with E-state index < -0.39 is 0 Å². The largest absolute Gasteiger partial charge is 0.355 e. The van der Waals surface area contributed by atoms with Crippen LogP contribution >= 0.6 is 27.5 Å². The molecule has 1 aliphatic heterocycles. The van der Waals surface area contributed by atoms with E-state index >= 15 is 0 Å². The summed E-state index contributed by atoms with van der Waals surface area (Å²) in [6.07, 6.45) is 2.97. The molecule has 1 saturated heterocycles. The Labute approximate surface area is 110 Å². The third-order valence-corrected chi connectivity index (χ3v) is 4.05. The molecule has 16 heavy (non-hydrogen) atoms. The van der Waals surface area contributed by atoms with E-state index in [0.717, 1.165) is 35.2 Å². The molecule has 1 atom stereocenters. The standard InChI is InChI=1S/C12H16BrClN2/c1-8(2)9-3-4-16(7-9)12-11(13)5-10(14)6-15-12/h5-6,8-9H,3-4,7H2,1-2H3. The zero-order valence-corrected chi connectivity index (χ0v) is 11.9. The molecule has 2 nitrogen and oxygen atoms in total. The fourth-order valence-corrected chi connectivity index (χ4v) is 3.05. The molecular formula is C12H16BrClN2. The summed E-state index contributed by atoms with van der Waals surface area (Å²) in [5.41, 5.74) is 0. The molecule has 1 unspecified atom stereocenters. The third kappa shape index (κ3) is 2.51. The molecule has 0 aromatic carbocycles. The van der Waals surface area contributed by atoms with Crippen molar-refractivity contribution >= 4 is 33.3 Å². The lowest BCUT2D eigenvalue weighted by atomic mass is 9.95. The highest BCUT2D eigenvalue weighted by atomic mass is 79.9. The van der Waals surface area contributed by atoms with Crippen LogP contribution in [-0.2, 0) is 0 Å². The Hall–Kier alpha value is -0.280. The molecule has 0 bridgehead atoms. The Morgan fingerprint density at radius 1 is 1.56 bits per heavy atom. The second kappa shape index (κ2) is 4.92. The van der Waals surface area contributed by atoms with Crippen molar-refractivity contribution in [3.63, 3.8) is 0 Å². The summed E-state index contributed by atoms with van der Waals surface area (Å²) in [5.74, 6) is 2.55. The number of hydrogen-bond acceptors (Lipinski definition) is 2. The van der Waals surface area contributed by atoms with Crippen molar-refractivity contribution in [3.8, 4) is 0 Å². The van der Waals surface area contributed by atoms with Crippen molar-refractivity contribution in [2.45, 2.75) is 20.3 Å². The summed E-state index contributed by atoms with van der Waals surface area (Å²) in [6, 6.07) is 1.91. The molecule has 1 aromatic heterocycles. The van der Waals surface area contributed by atoms with Gasteiger partial charge in [0.2, 0.25) is 0 Å². The molecule has 0 spiro atoms. The lowest BCUT2D eigenvalue weighted by molar-refractivity contribution is 0.422. The van der Waals surface area contributed by atoms with E-state index in [2.05, 4.69) is 39.7 Å². The van der Waals surface area contributed by atoms with Gasteiger partial charge in [0.15, 0.2) is 0 Å². The zero-order valence-electron chi connectivity index (χ0n) is 9.58. The summed E-state index contributed by atoms with van der Waals surface area (Å²) in [5, 5.41) is 0.676. The van der Waals surface area contributed by atoms with E-state index in [-0.39, 0.29) is 0 Å². The van der Waals surface area contributed by atoms with Crippen molar-refractivity contribution in [1.29, 1.82) is 0 Å². The first kappa shape index (κ1) is 12.2. The molecule has 2 heterocycles. The van der Waals surface area contributed by atoms with Gasteiger partial charge in [0.1, 0.15) is 5.82 Å². The molecule has 1 aromatic rings. The third-order valence-electron chi connectivity index (χ3n) is 3.26. The van der Waals surface area contributed by atoms with E-state index in [0.29, 0.717) is 5.02 Å². The first-order valence-corrected chi connectivity index (χ1v) is 6.81. The van der Waals surface area contributed by atoms with Crippen LogP contribution in [0.15, 0.2) is 16.7 Å². The number of halogens is 2. The summed E-state index contributed by atoms with van der Waals surface area (Å²) in [7, 11) is 0. The average Bonchev–Trinajstić information content (AvgIpc) is 2.66. The quantitative estimate of drug-likeness (QED) is 0.821. The highest BCUT2D eigenvalue weighted by Gasteiger charge is 2.26. The first-order valence-electron chi connectivity index (χ1n) is 5.64. The Morgan fingerprint density at radius 2 is 2.31 bits per heavy atom. The molecule has 88 valence electrons. The van der Waals surface area contributed by atoms with Crippen LogP contribution in [0.1, 0.15) is 20.3 Å². The number of nitrogens with zero attached hydrogens (tertiary/aromatic N) is 2. The highest BCUT2D eigenvalue weighted by Crippen LogP contribution is 2.32. The van der Waals surface area contributed by atoms with Crippen molar-refractivity contribution < 1.29 is 0 Å². The number of anilines is 1. The van der Waals surface area contributed by atoms with Gasteiger partial charge in [0, 0.05) is 19.3 Å². The smallest absolute Gasteiger partial charge is 0.142 e. The van der Waals surface area contributed by atoms with Crippen molar-refractivity contribution in [2.24, 2.45) is 11.8 Å². The van der Waals surface area contributed by atoms with Gasteiger partial charge >= 0.3 is 0 Å². The fourth-order valence-electron chi connectivity index (χ4n) is 2.16. The molecule has 0 amide bonds. The SMILES string of the molecule is CC(C)C1CCN(c2ncc(Cl)cc2Br)C1. The van der Waals surface area contributed by atoms with Gasteiger partial charge in [-0.3, -0.25) is 0 Å². The summed E-state index contributed by atoms with van der Waals surface area (Å²) in [6.45, 7) is 6.78. The van der Waals surface area contributed by atoms with Crippen LogP contribution < -0.4 is 4.90 Å². The fraction of sp³-hybridized carbons (Fsp3) is 0.583. The predicted octanol–water partition coefficient (Wildman–Crippen LogP) is 3.98. The minimum absolute atomic E-state index is 0.676. The Morgan fingerprint density at radius 3 is 2.88 bits per heavy atom. The van der Waals surface area contributed by atoms with Gasteiger partial charge in [-0.15, -0.1) is 0 Å². The van der Waals surface area contributed by atoms with Crippen LogP contribution in [0.4, 0.5) is 5.82 Å². The predicted molar refractivity (Wildman–Crippen MR) is 72.1 cm³/mol. The van der Waals surface area contributed by atoms with Crippen LogP contribution in [-0.4, -0.2) is 18.1 Å². The van der Waals surface area contributed by atoms with Crippen LogP contribution in [0.3, 0.4) is 0 Å². The summed E-state index contributed by atoms with van der Waals surface area (Å²) >= 11 is 9.42. The van der Waals surface area contributed by atoms with E-state index in [4.69, 9.17) is 11.6 Å². The van der Waals surface area contributed by atoms with Crippen molar-refractivity contribution in [3.05, 3.63) is 21.8 Å². The number of hydrogen-bond donors (Lipinski definition) is 0. The topological polar surface area (TPSA) is 16.1 Å². The average molecular weight is 304 g/mol. The monoisotopic (exact) mass is 302 g/mol. The lowest BCUT2D eigenvalue weighted by Crippen LogP contribution is -2.22. The molecule has 1 fully saturated rings. The maximum Gasteiger partial charge on any atom is 0.142 e. The summed E-state index contributed by atoms with van der Waals surface area (Å²) < 4.78 is 0.990. The minimum Gasteiger partial charge on any atom is -0.355 e. The Bertz CT molecular complexity index is 381. The van der Waals surface area contributed by atoms with E-state index in [1.165, 1.54) is 6.42 Å². The van der Waals surface area contributed by atoms with Gasteiger partial charge in [-0.25, -0.2) is 4.98 Å². The zero-order chi connectivity index (χ0) is 11.7. The van der Waals surface area contributed by atoms with Gasteiger partial charge < -0.3 is 4.90 Å². The van der Waals surface area contributed by atoms with Gasteiger partial charge in [0.25, 0.3) is 0 Å². The molecule has 0 radical (unpaired) electrons. The lowest BCUT2D eigenvalue weighted by Gasteiger charge is -2.20. The molecular weight excluding hydrogens is 288 g/mol. The van der Waals surface area contributed by atoms with Gasteiger partial charge in [0.05, 0.1) is 9.50 Å². The van der Waals surface area contributed by atoms with Gasteiger partial charge in [-0.1, -0.05) is 25.4 Å². The van der Waals surface area contributed by atoms with Crippen LogP contribution in [0.5, 0.6) is 0 Å². The number of rotatable bonds is 2. The maximum absolute atomic E-state index is 5.89. The van der Waals surface area contributed by atoms with Crippen molar-refractivity contribution in [1.82, 2.24) is 4.98 Å². The number of pyridine rings is 1. The number of aromatic nitrogens is 1. The van der Waals surface area contributed by atoms with E-state index in [1.54, 1.807) is 6.20 Å². The highest BCUT2D eigenvalue weighted by molar-refractivity contribution is 9.10. The van der Waals surface area contributed by atoms with Gasteiger partial charge in [-0.2, -0.15) is 0 Å². The molecule has 1 aliphatic rings. The van der Waals surface area contributed by atoms with Crippen molar-refractivity contribution in [2.75, 3.05) is 18.0 Å². The summed E-state index contributed by atoms with van der Waals surface area (Å²) in [4.78, 5) is 6.74. The molecule has 0 aliphatic carbocycles. The Balaban J connectivity index is 2.14. The normalized spacial score (nSPS) is 20.8. The van der Waals surface area contributed by atoms with Crippen LogP contribution in [0.2, 0.25) is 5.02 Å². The molecule has 2 rings (SSSR count). The van der Waals surface area contributed by atoms with Crippen LogP contribution in [0.25, 0.3) is 0 Å². The first-order chi connectivity index (χ1) is 7.58. The second-order valence-electron chi connectivity index (χ2n) is 4.70. The molecule has 0 saturated carbocycles.